The van der Waals surface area contributed by atoms with E-state index < -0.39 is 10.0 Å². The van der Waals surface area contributed by atoms with Gasteiger partial charge in [-0.15, -0.1) is 6.42 Å². The molecule has 2 N–H and O–H groups in total. The third kappa shape index (κ3) is 2.39. The summed E-state index contributed by atoms with van der Waals surface area (Å²) in [6.45, 7) is -0.212. The highest BCUT2D eigenvalue weighted by atomic mass is 32.2. The van der Waals surface area contributed by atoms with E-state index in [0.29, 0.717) is 5.69 Å². The van der Waals surface area contributed by atoms with Crippen molar-refractivity contribution in [1.29, 1.82) is 0 Å². The summed E-state index contributed by atoms with van der Waals surface area (Å²) in [7, 11) is -2.14. The molecule has 1 aromatic rings. The van der Waals surface area contributed by atoms with E-state index >= 15 is 0 Å². The first-order valence-corrected chi connectivity index (χ1v) is 5.64. The summed E-state index contributed by atoms with van der Waals surface area (Å²) < 4.78 is 24.6. The molecule has 0 aromatic carbocycles. The number of nitrogens with zero attached hydrogens (tertiary/aromatic N) is 1. The topological polar surface area (TPSA) is 73.4 Å². The molecule has 0 saturated heterocycles. The monoisotopic (exact) mass is 228 g/mol. The minimum absolute atomic E-state index is 0.0158. The fourth-order valence-corrected chi connectivity index (χ4v) is 2.16. The SMILES string of the molecule is C#CCN(C)S(=O)(=O)c1c[nH]c(CO)c1. The van der Waals surface area contributed by atoms with Crippen LogP contribution in [0.25, 0.3) is 0 Å². The summed E-state index contributed by atoms with van der Waals surface area (Å²) in [4.78, 5) is 2.75. The number of sulfonamides is 1. The minimum Gasteiger partial charge on any atom is -0.390 e. The molecule has 6 heteroatoms. The van der Waals surface area contributed by atoms with Crippen LogP contribution in [0, 0.1) is 12.3 Å². The van der Waals surface area contributed by atoms with Crippen LogP contribution in [-0.4, -0.2) is 36.4 Å². The maximum Gasteiger partial charge on any atom is 0.245 e. The average Bonchev–Trinajstić information content (AvgIpc) is 2.66. The molecule has 0 atom stereocenters. The zero-order chi connectivity index (χ0) is 11.5. The highest BCUT2D eigenvalue weighted by Gasteiger charge is 2.20. The number of terminal acetylenes is 1. The molecule has 0 amide bonds. The van der Waals surface area contributed by atoms with Gasteiger partial charge in [-0.3, -0.25) is 0 Å². The summed E-state index contributed by atoms with van der Waals surface area (Å²) in [5.74, 6) is 2.25. The van der Waals surface area contributed by atoms with Crippen molar-refractivity contribution in [2.75, 3.05) is 13.6 Å². The van der Waals surface area contributed by atoms with Gasteiger partial charge in [0.2, 0.25) is 10.0 Å². The van der Waals surface area contributed by atoms with Gasteiger partial charge in [-0.1, -0.05) is 5.92 Å². The number of nitrogens with one attached hydrogen (secondary N) is 1. The van der Waals surface area contributed by atoms with E-state index in [2.05, 4.69) is 10.9 Å². The second-order valence-electron chi connectivity index (χ2n) is 2.98. The molecule has 0 saturated carbocycles. The Morgan fingerprint density at radius 2 is 2.33 bits per heavy atom. The molecule has 0 radical (unpaired) electrons. The number of H-pyrrole nitrogens is 1. The Bertz CT molecular complexity index is 470. The number of hydrogen-bond acceptors (Lipinski definition) is 3. The predicted octanol–water partition coefficient (Wildman–Crippen LogP) is -0.239. The standard InChI is InChI=1S/C9H12N2O3S/c1-3-4-11(2)15(13,14)9-5-8(7-12)10-6-9/h1,5-6,10,12H,4,7H2,2H3. The Balaban J connectivity index is 3.01. The first kappa shape index (κ1) is 11.8. The van der Waals surface area contributed by atoms with Gasteiger partial charge in [-0.25, -0.2) is 8.42 Å². The molecule has 0 bridgehead atoms. The number of aliphatic hydroxyl groups excluding tert-OH is 1. The van der Waals surface area contributed by atoms with E-state index in [-0.39, 0.29) is 18.0 Å². The number of aromatic nitrogens is 1. The van der Waals surface area contributed by atoms with Gasteiger partial charge in [0, 0.05) is 18.9 Å². The second-order valence-corrected chi connectivity index (χ2v) is 5.03. The Kier molecular flexibility index (Phi) is 3.52. The molecule has 1 aromatic heterocycles. The maximum absolute atomic E-state index is 11.8. The van der Waals surface area contributed by atoms with Crippen molar-refractivity contribution in [3.63, 3.8) is 0 Å². The van der Waals surface area contributed by atoms with Gasteiger partial charge in [0.25, 0.3) is 0 Å². The molecule has 0 fully saturated rings. The lowest BCUT2D eigenvalue weighted by Crippen LogP contribution is -2.26. The largest absolute Gasteiger partial charge is 0.390 e. The number of rotatable bonds is 4. The van der Waals surface area contributed by atoms with Crippen LogP contribution in [0.2, 0.25) is 0 Å². The summed E-state index contributed by atoms with van der Waals surface area (Å²) in [5.41, 5.74) is 0.447. The zero-order valence-electron chi connectivity index (χ0n) is 8.27. The van der Waals surface area contributed by atoms with E-state index in [9.17, 15) is 8.42 Å². The molecule has 0 aliphatic carbocycles. The van der Waals surface area contributed by atoms with Crippen LogP contribution in [0.15, 0.2) is 17.2 Å². The quantitative estimate of drug-likeness (QED) is 0.699. The Morgan fingerprint density at radius 3 is 2.80 bits per heavy atom. The second kappa shape index (κ2) is 4.49. The van der Waals surface area contributed by atoms with E-state index in [1.165, 1.54) is 19.3 Å². The van der Waals surface area contributed by atoms with Crippen LogP contribution in [0.5, 0.6) is 0 Å². The third-order valence-corrected chi connectivity index (χ3v) is 3.69. The van der Waals surface area contributed by atoms with Gasteiger partial charge in [0.1, 0.15) is 0 Å². The fraction of sp³-hybridized carbons (Fsp3) is 0.333. The third-order valence-electron chi connectivity index (χ3n) is 1.91. The molecule has 1 heterocycles. The fourth-order valence-electron chi connectivity index (χ4n) is 1.05. The average molecular weight is 228 g/mol. The summed E-state index contributed by atoms with van der Waals surface area (Å²) in [5, 5.41) is 8.79. The molecule has 0 aliphatic heterocycles. The lowest BCUT2D eigenvalue weighted by atomic mass is 10.5. The Morgan fingerprint density at radius 1 is 1.67 bits per heavy atom. The molecule has 82 valence electrons. The normalized spacial score (nSPS) is 11.6. The summed E-state index contributed by atoms with van der Waals surface area (Å²) >= 11 is 0. The highest BCUT2D eigenvalue weighted by Crippen LogP contribution is 2.14. The van der Waals surface area contributed by atoms with Crippen molar-refractivity contribution in [3.8, 4) is 12.3 Å². The molecular weight excluding hydrogens is 216 g/mol. The Hall–Kier alpha value is -1.29. The van der Waals surface area contributed by atoms with E-state index in [1.807, 2.05) is 0 Å². The van der Waals surface area contributed by atoms with Crippen LogP contribution in [0.3, 0.4) is 0 Å². The molecule has 15 heavy (non-hydrogen) atoms. The number of aromatic amines is 1. The van der Waals surface area contributed by atoms with Crippen molar-refractivity contribution in [3.05, 3.63) is 18.0 Å². The van der Waals surface area contributed by atoms with Crippen molar-refractivity contribution in [1.82, 2.24) is 9.29 Å². The first-order valence-electron chi connectivity index (χ1n) is 4.20. The van der Waals surface area contributed by atoms with Gasteiger partial charge in [0.05, 0.1) is 18.0 Å². The molecule has 1 rings (SSSR count). The maximum atomic E-state index is 11.8. The van der Waals surface area contributed by atoms with Gasteiger partial charge in [0.15, 0.2) is 0 Å². The molecule has 5 nitrogen and oxygen atoms in total. The van der Waals surface area contributed by atoms with E-state index in [4.69, 9.17) is 11.5 Å². The van der Waals surface area contributed by atoms with Crippen molar-refractivity contribution in [2.24, 2.45) is 0 Å². The Labute approximate surface area is 88.8 Å². The molecular formula is C9H12N2O3S. The highest BCUT2D eigenvalue weighted by molar-refractivity contribution is 7.89. The molecule has 0 aliphatic rings. The summed E-state index contributed by atoms with van der Waals surface area (Å²) in [6.07, 6.45) is 6.36. The first-order chi connectivity index (χ1) is 7.02. The predicted molar refractivity (Wildman–Crippen MR) is 55.4 cm³/mol. The molecule has 0 unspecified atom stereocenters. The number of aliphatic hydroxyl groups is 1. The van der Waals surface area contributed by atoms with Gasteiger partial charge < -0.3 is 10.1 Å². The zero-order valence-corrected chi connectivity index (χ0v) is 9.08. The number of hydrogen-bond donors (Lipinski definition) is 2. The van der Waals surface area contributed by atoms with Crippen molar-refractivity contribution < 1.29 is 13.5 Å². The summed E-state index contributed by atoms with van der Waals surface area (Å²) in [6, 6.07) is 1.38. The van der Waals surface area contributed by atoms with Gasteiger partial charge in [-0.05, 0) is 6.07 Å². The van der Waals surface area contributed by atoms with Crippen LogP contribution >= 0.6 is 0 Å². The van der Waals surface area contributed by atoms with Gasteiger partial charge >= 0.3 is 0 Å². The van der Waals surface area contributed by atoms with Crippen LogP contribution in [0.1, 0.15) is 5.69 Å². The lowest BCUT2D eigenvalue weighted by Gasteiger charge is -2.12. The van der Waals surface area contributed by atoms with Crippen LogP contribution < -0.4 is 0 Å². The van der Waals surface area contributed by atoms with Crippen LogP contribution in [0.4, 0.5) is 0 Å². The van der Waals surface area contributed by atoms with Crippen molar-refractivity contribution in [2.45, 2.75) is 11.5 Å². The van der Waals surface area contributed by atoms with E-state index in [0.717, 1.165) is 4.31 Å². The lowest BCUT2D eigenvalue weighted by molar-refractivity contribution is 0.277. The smallest absolute Gasteiger partial charge is 0.245 e. The molecule has 0 spiro atoms. The van der Waals surface area contributed by atoms with Crippen molar-refractivity contribution >= 4 is 10.0 Å². The van der Waals surface area contributed by atoms with Crippen LogP contribution in [-0.2, 0) is 16.6 Å². The van der Waals surface area contributed by atoms with Gasteiger partial charge in [-0.2, -0.15) is 4.31 Å². The van der Waals surface area contributed by atoms with E-state index in [1.54, 1.807) is 0 Å². The minimum atomic E-state index is -3.54.